The molecule has 4 rings (SSSR count). The minimum absolute atomic E-state index is 0.0135. The van der Waals surface area contributed by atoms with Crippen molar-refractivity contribution in [3.63, 3.8) is 0 Å². The molecule has 1 aromatic rings. The number of fused-ring (bicyclic) bond motifs is 1. The van der Waals surface area contributed by atoms with Gasteiger partial charge in [0, 0.05) is 36.7 Å². The van der Waals surface area contributed by atoms with Crippen LogP contribution in [0.4, 0.5) is 5.69 Å². The molecule has 3 fully saturated rings. The Labute approximate surface area is 244 Å². The average molecular weight is 619 g/mol. The second kappa shape index (κ2) is 12.9. The van der Waals surface area contributed by atoms with Gasteiger partial charge in [0.1, 0.15) is 17.4 Å². The molecule has 40 heavy (non-hydrogen) atoms. The number of unbranched alkanes of at least 4 members (excludes halogenated alkanes) is 1. The Bertz CT molecular complexity index is 1110. The Morgan fingerprint density at radius 1 is 1.20 bits per heavy atom. The zero-order valence-electron chi connectivity index (χ0n) is 23.3. The standard InChI is InChI=1S/C30H40BrN3O6/c1-5-9-16-32(14-6-2)29(38)26-30-19-22(31)25(40-30)23(24(30)28(37)34(26)17-18-35)27(36)33(15-7-3)20-10-12-21(13-11-20)39-8-4/h6-7,10-13,22-26,35H,2-3,5,8-9,14-19H2,1,4H3/t22?,23-,24+,25-,26?,30?/m1/s1. The molecule has 3 saturated heterocycles. The summed E-state index contributed by atoms with van der Waals surface area (Å²) in [4.78, 5) is 47.0. The van der Waals surface area contributed by atoms with Crippen LogP contribution in [0.5, 0.6) is 5.75 Å². The number of alkyl halides is 1. The first-order chi connectivity index (χ1) is 19.3. The quantitative estimate of drug-likeness (QED) is 0.254. The molecule has 3 aliphatic rings. The molecule has 0 aromatic heterocycles. The topological polar surface area (TPSA) is 99.6 Å². The van der Waals surface area contributed by atoms with Crippen molar-refractivity contribution in [2.45, 2.75) is 55.7 Å². The van der Waals surface area contributed by atoms with Crippen LogP contribution in [0.3, 0.4) is 0 Å². The zero-order chi connectivity index (χ0) is 29.0. The van der Waals surface area contributed by atoms with Crippen molar-refractivity contribution in [3.8, 4) is 5.75 Å². The summed E-state index contributed by atoms with van der Waals surface area (Å²) >= 11 is 3.72. The molecule has 218 valence electrons. The molecular weight excluding hydrogens is 578 g/mol. The number of halogens is 1. The Balaban J connectivity index is 1.72. The maximum absolute atomic E-state index is 14.3. The van der Waals surface area contributed by atoms with E-state index in [2.05, 4.69) is 36.0 Å². The molecule has 9 nitrogen and oxygen atoms in total. The third-order valence-corrected chi connectivity index (χ3v) is 8.97. The van der Waals surface area contributed by atoms with Crippen molar-refractivity contribution in [3.05, 3.63) is 49.6 Å². The van der Waals surface area contributed by atoms with Crippen molar-refractivity contribution in [2.75, 3.05) is 44.3 Å². The van der Waals surface area contributed by atoms with Crippen molar-refractivity contribution in [1.82, 2.24) is 9.80 Å². The van der Waals surface area contributed by atoms with E-state index in [1.165, 1.54) is 4.90 Å². The molecule has 3 heterocycles. The van der Waals surface area contributed by atoms with Crippen LogP contribution >= 0.6 is 15.9 Å². The van der Waals surface area contributed by atoms with Gasteiger partial charge in [0.05, 0.1) is 31.2 Å². The van der Waals surface area contributed by atoms with E-state index in [1.807, 2.05) is 19.1 Å². The third-order valence-electron chi connectivity index (χ3n) is 8.13. The van der Waals surface area contributed by atoms with Crippen molar-refractivity contribution < 1.29 is 29.0 Å². The number of hydrogen-bond donors (Lipinski definition) is 1. The lowest BCUT2D eigenvalue weighted by atomic mass is 9.70. The van der Waals surface area contributed by atoms with Crippen LogP contribution in [0.25, 0.3) is 0 Å². The Hall–Kier alpha value is -2.69. The van der Waals surface area contributed by atoms with Gasteiger partial charge in [-0.15, -0.1) is 13.2 Å². The second-order valence-electron chi connectivity index (χ2n) is 10.5. The van der Waals surface area contributed by atoms with Gasteiger partial charge >= 0.3 is 0 Å². The Morgan fingerprint density at radius 3 is 2.50 bits per heavy atom. The smallest absolute Gasteiger partial charge is 0.248 e. The first kappa shape index (κ1) is 30.3. The molecule has 1 aromatic carbocycles. The van der Waals surface area contributed by atoms with Crippen LogP contribution < -0.4 is 9.64 Å². The van der Waals surface area contributed by atoms with E-state index in [9.17, 15) is 19.5 Å². The second-order valence-corrected chi connectivity index (χ2v) is 11.7. The van der Waals surface area contributed by atoms with Crippen LogP contribution in [-0.2, 0) is 19.1 Å². The van der Waals surface area contributed by atoms with Gasteiger partial charge in [-0.05, 0) is 44.0 Å². The highest BCUT2D eigenvalue weighted by molar-refractivity contribution is 9.09. The monoisotopic (exact) mass is 617 g/mol. The van der Waals surface area contributed by atoms with Gasteiger partial charge in [-0.3, -0.25) is 14.4 Å². The highest BCUT2D eigenvalue weighted by atomic mass is 79.9. The van der Waals surface area contributed by atoms with E-state index in [4.69, 9.17) is 9.47 Å². The van der Waals surface area contributed by atoms with E-state index in [1.54, 1.807) is 34.1 Å². The molecule has 0 aliphatic carbocycles. The number of rotatable bonds is 14. The summed E-state index contributed by atoms with van der Waals surface area (Å²) in [5, 5.41) is 9.87. The number of anilines is 1. The first-order valence-corrected chi connectivity index (χ1v) is 15.0. The van der Waals surface area contributed by atoms with Gasteiger partial charge in [0.2, 0.25) is 17.7 Å². The molecule has 6 atom stereocenters. The van der Waals surface area contributed by atoms with Gasteiger partial charge < -0.3 is 29.3 Å². The third kappa shape index (κ3) is 5.21. The van der Waals surface area contributed by atoms with E-state index in [0.29, 0.717) is 37.6 Å². The number of aliphatic hydroxyl groups is 1. The van der Waals surface area contributed by atoms with Crippen molar-refractivity contribution in [2.24, 2.45) is 11.8 Å². The van der Waals surface area contributed by atoms with Crippen LogP contribution in [-0.4, -0.2) is 94.6 Å². The number of hydrogen-bond acceptors (Lipinski definition) is 6. The van der Waals surface area contributed by atoms with E-state index in [-0.39, 0.29) is 42.2 Å². The van der Waals surface area contributed by atoms with E-state index in [0.717, 1.165) is 12.8 Å². The minimum Gasteiger partial charge on any atom is -0.494 e. The number of likely N-dealkylation sites (tertiary alicyclic amines) is 1. The summed E-state index contributed by atoms with van der Waals surface area (Å²) in [5.74, 6) is -1.78. The number of carbonyl (C=O) groups excluding carboxylic acids is 3. The van der Waals surface area contributed by atoms with Gasteiger partial charge in [0.25, 0.3) is 0 Å². The Morgan fingerprint density at radius 2 is 1.90 bits per heavy atom. The van der Waals surface area contributed by atoms with Gasteiger partial charge in [0.15, 0.2) is 0 Å². The molecule has 0 radical (unpaired) electrons. The largest absolute Gasteiger partial charge is 0.494 e. The maximum atomic E-state index is 14.3. The summed E-state index contributed by atoms with van der Waals surface area (Å²) in [5.41, 5.74) is -0.523. The lowest BCUT2D eigenvalue weighted by molar-refractivity contribution is -0.148. The zero-order valence-corrected chi connectivity index (χ0v) is 24.9. The molecule has 1 spiro atoms. The van der Waals surface area contributed by atoms with Crippen molar-refractivity contribution in [1.29, 1.82) is 0 Å². The molecule has 3 unspecified atom stereocenters. The average Bonchev–Trinajstić information content (AvgIpc) is 3.53. The fraction of sp³-hybridized carbons (Fsp3) is 0.567. The first-order valence-electron chi connectivity index (χ1n) is 14.1. The molecule has 2 bridgehead atoms. The summed E-state index contributed by atoms with van der Waals surface area (Å²) in [6.07, 6.45) is 4.86. The predicted molar refractivity (Wildman–Crippen MR) is 156 cm³/mol. The molecule has 3 aliphatic heterocycles. The molecule has 1 N–H and O–H groups in total. The van der Waals surface area contributed by atoms with Crippen LogP contribution in [0, 0.1) is 11.8 Å². The number of β-amino-alcohol motifs (C(OH)–C–C–N with tert-alkyl or cyclic N) is 1. The molecule has 3 amide bonds. The molecule has 0 saturated carbocycles. The minimum atomic E-state index is -1.17. The van der Waals surface area contributed by atoms with Gasteiger partial charge in [-0.25, -0.2) is 0 Å². The van der Waals surface area contributed by atoms with Crippen LogP contribution in [0.2, 0.25) is 0 Å². The number of amides is 3. The summed E-state index contributed by atoms with van der Waals surface area (Å²) in [6, 6.07) is 6.29. The number of nitrogens with zero attached hydrogens (tertiary/aromatic N) is 3. The highest BCUT2D eigenvalue weighted by Gasteiger charge is 2.76. The van der Waals surface area contributed by atoms with E-state index < -0.39 is 29.6 Å². The number of aliphatic hydroxyl groups excluding tert-OH is 1. The molecular formula is C30H40BrN3O6. The van der Waals surface area contributed by atoms with Crippen molar-refractivity contribution >= 4 is 39.3 Å². The number of carbonyl (C=O) groups is 3. The SMILES string of the molecule is C=CCN(CCCC)C(=O)C1N(CCO)C(=O)[C@@H]2[C@@H](C(=O)N(CC=C)c3ccc(OCC)cc3)[C@@H]3OC12CC3Br. The van der Waals surface area contributed by atoms with Crippen LogP contribution in [0.1, 0.15) is 33.1 Å². The van der Waals surface area contributed by atoms with Gasteiger partial charge in [-0.1, -0.05) is 41.4 Å². The normalized spacial score (nSPS) is 28.4. The Kier molecular flexibility index (Phi) is 9.74. The highest BCUT2D eigenvalue weighted by Crippen LogP contribution is 2.60. The predicted octanol–water partition coefficient (Wildman–Crippen LogP) is 3.16. The lowest BCUT2D eigenvalue weighted by Gasteiger charge is -2.37. The maximum Gasteiger partial charge on any atom is 0.248 e. The lowest BCUT2D eigenvalue weighted by Crippen LogP contribution is -2.57. The van der Waals surface area contributed by atoms with E-state index >= 15 is 0 Å². The van der Waals surface area contributed by atoms with Crippen LogP contribution in [0.15, 0.2) is 49.6 Å². The summed E-state index contributed by atoms with van der Waals surface area (Å²) in [7, 11) is 0. The van der Waals surface area contributed by atoms with Gasteiger partial charge in [-0.2, -0.15) is 0 Å². The molecule has 10 heteroatoms. The fourth-order valence-corrected chi connectivity index (χ4v) is 7.47. The number of benzene rings is 1. The summed E-state index contributed by atoms with van der Waals surface area (Å²) in [6.45, 7) is 12.9. The fourth-order valence-electron chi connectivity index (χ4n) is 6.53. The summed E-state index contributed by atoms with van der Waals surface area (Å²) < 4.78 is 12.2. The number of ether oxygens (including phenoxy) is 2.